The van der Waals surface area contributed by atoms with Gasteiger partial charge in [0.2, 0.25) is 0 Å². The highest BCUT2D eigenvalue weighted by Gasteiger charge is 2.26. The van der Waals surface area contributed by atoms with Gasteiger partial charge in [-0.2, -0.15) is 20.7 Å². The number of hydrogen-bond acceptors (Lipinski definition) is 12. The van der Waals surface area contributed by atoms with Crippen molar-refractivity contribution in [2.75, 3.05) is 43.9 Å². The number of fused-ring (bicyclic) bond motifs is 4. The lowest BCUT2D eigenvalue weighted by Gasteiger charge is -2.28. The third kappa shape index (κ3) is 8.71. The Balaban J connectivity index is 0.000000151. The minimum absolute atomic E-state index is 0.132. The number of aromatic nitrogens is 8. The molecule has 8 heterocycles. The molecule has 4 aliphatic rings. The van der Waals surface area contributed by atoms with Crippen molar-refractivity contribution < 1.29 is 0 Å². The molecule has 2 aromatic carbocycles. The van der Waals surface area contributed by atoms with Crippen LogP contribution in [-0.4, -0.2) is 77.6 Å². The Morgan fingerprint density at radius 3 is 1.49 bits per heavy atom. The molecule has 69 heavy (non-hydrogen) atoms. The fourth-order valence-corrected chi connectivity index (χ4v) is 11.4. The van der Waals surface area contributed by atoms with Crippen molar-refractivity contribution in [2.24, 2.45) is 0 Å². The second kappa shape index (κ2) is 18.9. The quantitative estimate of drug-likeness (QED) is 0.0965. The lowest BCUT2D eigenvalue weighted by molar-refractivity contribution is 0.254. The first-order chi connectivity index (χ1) is 33.8. The zero-order valence-electron chi connectivity index (χ0n) is 38.9. The highest BCUT2D eigenvalue weighted by atomic mass is 16.1. The molecule has 2 aliphatic heterocycles. The summed E-state index contributed by atoms with van der Waals surface area (Å²) in [7, 11) is 2.17. The number of hydrogen-bond donors (Lipinski definition) is 5. The van der Waals surface area contributed by atoms with Gasteiger partial charge in [0.15, 0.2) is 0 Å². The van der Waals surface area contributed by atoms with Gasteiger partial charge in [0.25, 0.3) is 11.1 Å². The van der Waals surface area contributed by atoms with Crippen LogP contribution in [-0.2, 0) is 0 Å². The van der Waals surface area contributed by atoms with Gasteiger partial charge in [-0.05, 0) is 133 Å². The van der Waals surface area contributed by atoms with E-state index in [0.29, 0.717) is 23.5 Å². The van der Waals surface area contributed by atoms with Crippen LogP contribution in [0.5, 0.6) is 0 Å². The molecule has 16 nitrogen and oxygen atoms in total. The van der Waals surface area contributed by atoms with Crippen molar-refractivity contribution in [3.63, 3.8) is 0 Å². The second-order valence-electron chi connectivity index (χ2n) is 19.4. The molecule has 2 saturated heterocycles. The Bertz CT molecular complexity index is 3420. The maximum absolute atomic E-state index is 13.1. The molecule has 6 aromatic heterocycles. The van der Waals surface area contributed by atoms with E-state index in [9.17, 15) is 20.1 Å². The van der Waals surface area contributed by atoms with Gasteiger partial charge < -0.3 is 30.0 Å². The number of nitriles is 2. The van der Waals surface area contributed by atoms with E-state index in [0.717, 1.165) is 158 Å². The van der Waals surface area contributed by atoms with Gasteiger partial charge in [-0.25, -0.2) is 9.97 Å². The molecule has 2 saturated carbocycles. The molecule has 0 atom stereocenters. The van der Waals surface area contributed by atoms with Gasteiger partial charge in [0.1, 0.15) is 34.9 Å². The van der Waals surface area contributed by atoms with Crippen molar-refractivity contribution in [3.05, 3.63) is 116 Å². The highest BCUT2D eigenvalue weighted by Crippen LogP contribution is 2.36. The number of likely N-dealkylation sites (tertiary alicyclic amines) is 1. The Kier molecular flexibility index (Phi) is 12.1. The van der Waals surface area contributed by atoms with Gasteiger partial charge in [-0.3, -0.25) is 19.8 Å². The van der Waals surface area contributed by atoms with Crippen molar-refractivity contribution in [1.82, 2.24) is 49.7 Å². The third-order valence-corrected chi connectivity index (χ3v) is 15.0. The van der Waals surface area contributed by atoms with Crippen LogP contribution in [0.2, 0.25) is 0 Å². The maximum Gasteiger partial charge on any atom is 0.269 e. The molecule has 0 bridgehead atoms. The summed E-state index contributed by atoms with van der Waals surface area (Å²) in [6, 6.07) is 23.9. The fourth-order valence-electron chi connectivity index (χ4n) is 11.4. The second-order valence-corrected chi connectivity index (χ2v) is 19.4. The molecule has 2 aliphatic carbocycles. The van der Waals surface area contributed by atoms with E-state index in [1.165, 1.54) is 11.4 Å². The number of aromatic amines is 2. The minimum atomic E-state index is -0.203. The van der Waals surface area contributed by atoms with Gasteiger partial charge in [-0.1, -0.05) is 25.7 Å². The lowest BCUT2D eigenvalue weighted by atomic mass is 9.92. The first-order valence-electron chi connectivity index (χ1n) is 24.6. The number of pyridine rings is 4. The lowest BCUT2D eigenvalue weighted by Crippen LogP contribution is -2.29. The number of rotatable bonds is 8. The summed E-state index contributed by atoms with van der Waals surface area (Å²) in [5.74, 6) is 2.32. The molecule has 0 radical (unpaired) electrons. The molecule has 12 rings (SSSR count). The standard InChI is InChI=1S/C27H29N7O.C26H27N7O/c1-33-10-8-17(9-11-33)26-22-13-20(6-7-23(22)31-32-26)30-25-14-24-19(16-29-25)12-18(15-28)27(35)34(24)21-4-2-3-5-21;27-14-17-11-18-15-29-24(13-23(18)33(26(17)34)20-3-1-2-4-20)30-19-5-6-22-21(12-19)25(32-31-22)16-7-9-28-10-8-16/h6-7,12-14,16-17,21H,2-5,8-11H2,1H3,(H,29,30)(H,31,32);5-6,11-13,15-16,20,28H,1-4,7-10H2,(H,29,30)(H,31,32). The summed E-state index contributed by atoms with van der Waals surface area (Å²) in [6.07, 6.45) is 16.2. The van der Waals surface area contributed by atoms with E-state index < -0.39 is 0 Å². The molecule has 5 N–H and O–H groups in total. The Morgan fingerprint density at radius 2 is 1.04 bits per heavy atom. The van der Waals surface area contributed by atoms with Crippen LogP contribution in [0.3, 0.4) is 0 Å². The molecular weight excluding hydrogens is 865 g/mol. The monoisotopic (exact) mass is 920 g/mol. The molecule has 4 fully saturated rings. The Hall–Kier alpha value is -7.40. The molecule has 16 heteroatoms. The summed E-state index contributed by atoms with van der Waals surface area (Å²) in [5.41, 5.74) is 7.81. The number of nitrogens with zero attached hydrogens (tertiary/aromatic N) is 9. The van der Waals surface area contributed by atoms with Crippen LogP contribution >= 0.6 is 0 Å². The Labute approximate surface area is 398 Å². The molecule has 8 aromatic rings. The van der Waals surface area contributed by atoms with Crippen molar-refractivity contribution in [2.45, 2.75) is 101 Å². The average Bonchev–Trinajstić information content (AvgIpc) is 4.24. The van der Waals surface area contributed by atoms with Gasteiger partial charge >= 0.3 is 0 Å². The largest absolute Gasteiger partial charge is 0.340 e. The number of nitrogens with one attached hydrogen (secondary N) is 5. The number of H-pyrrole nitrogens is 2. The molecule has 0 unspecified atom stereocenters. The third-order valence-electron chi connectivity index (χ3n) is 15.0. The van der Waals surface area contributed by atoms with E-state index in [-0.39, 0.29) is 34.3 Å². The first kappa shape index (κ1) is 44.1. The van der Waals surface area contributed by atoms with Crippen molar-refractivity contribution >= 4 is 66.6 Å². The van der Waals surface area contributed by atoms with E-state index in [1.54, 1.807) is 24.5 Å². The van der Waals surface area contributed by atoms with E-state index >= 15 is 0 Å². The normalized spacial score (nSPS) is 17.6. The summed E-state index contributed by atoms with van der Waals surface area (Å²) in [5, 5.41) is 48.8. The topological polar surface area (TPSA) is 214 Å². The maximum atomic E-state index is 13.1. The van der Waals surface area contributed by atoms with Crippen molar-refractivity contribution in [3.8, 4) is 12.1 Å². The zero-order valence-corrected chi connectivity index (χ0v) is 38.9. The SMILES string of the molecule is CN1CCC(c2[nH]nc3ccc(Nc4cc5c(cn4)cc(C#N)c(=O)n5C4CCCC4)cc23)CC1.N#Cc1cc2cnc(Nc3ccc4n[nH]c(C5CCNCC5)c4c3)cc2n(C2CCCC2)c1=O. The van der Waals surface area contributed by atoms with Gasteiger partial charge in [0.05, 0.1) is 22.1 Å². The number of piperidine rings is 2. The molecule has 0 spiro atoms. The van der Waals surface area contributed by atoms with Crippen LogP contribution in [0.25, 0.3) is 43.6 Å². The van der Waals surface area contributed by atoms with E-state index in [4.69, 9.17) is 0 Å². The van der Waals surface area contributed by atoms with Crippen LogP contribution < -0.4 is 27.1 Å². The summed E-state index contributed by atoms with van der Waals surface area (Å²) in [4.78, 5) is 37.7. The summed E-state index contributed by atoms with van der Waals surface area (Å²) >= 11 is 0. The van der Waals surface area contributed by atoms with E-state index in [1.807, 2.05) is 45.5 Å². The molecular formula is C53H56N14O2. The van der Waals surface area contributed by atoms with Crippen LogP contribution in [0.15, 0.2) is 82.6 Å². The Morgan fingerprint density at radius 1 is 0.594 bits per heavy atom. The van der Waals surface area contributed by atoms with Crippen LogP contribution in [0.1, 0.15) is 123 Å². The minimum Gasteiger partial charge on any atom is -0.340 e. The van der Waals surface area contributed by atoms with Crippen LogP contribution in [0, 0.1) is 22.7 Å². The van der Waals surface area contributed by atoms with E-state index in [2.05, 4.69) is 82.5 Å². The molecule has 0 amide bonds. The highest BCUT2D eigenvalue weighted by molar-refractivity contribution is 5.89. The molecule has 350 valence electrons. The summed E-state index contributed by atoms with van der Waals surface area (Å²) in [6.45, 7) is 4.25. The van der Waals surface area contributed by atoms with Gasteiger partial charge in [-0.15, -0.1) is 0 Å². The predicted octanol–water partition coefficient (Wildman–Crippen LogP) is 9.28. The van der Waals surface area contributed by atoms with Crippen LogP contribution in [0.4, 0.5) is 23.0 Å². The predicted molar refractivity (Wildman–Crippen MR) is 270 cm³/mol. The van der Waals surface area contributed by atoms with Gasteiger partial charge in [0, 0.05) is 92.8 Å². The summed E-state index contributed by atoms with van der Waals surface area (Å²) < 4.78 is 3.65. The van der Waals surface area contributed by atoms with Crippen molar-refractivity contribution in [1.29, 1.82) is 10.5 Å². The fraction of sp³-hybridized carbons (Fsp3) is 0.396. The number of anilines is 4. The number of benzene rings is 2. The first-order valence-corrected chi connectivity index (χ1v) is 24.6. The average molecular weight is 921 g/mol. The zero-order chi connectivity index (χ0) is 47.0. The smallest absolute Gasteiger partial charge is 0.269 e.